The first-order valence-corrected chi connectivity index (χ1v) is 8.87. The molecule has 23 heavy (non-hydrogen) atoms. The van der Waals surface area contributed by atoms with Crippen LogP contribution in [-0.2, 0) is 9.47 Å². The van der Waals surface area contributed by atoms with Gasteiger partial charge in [0, 0.05) is 13.2 Å². The van der Waals surface area contributed by atoms with Gasteiger partial charge in [-0.15, -0.1) is 0 Å². The Kier molecular flexibility index (Phi) is 5.56. The van der Waals surface area contributed by atoms with E-state index in [0.717, 1.165) is 38.9 Å². The molecule has 7 heteroatoms. The summed E-state index contributed by atoms with van der Waals surface area (Å²) in [5.41, 5.74) is 0. The summed E-state index contributed by atoms with van der Waals surface area (Å²) in [5.74, 6) is 1.27. The summed E-state index contributed by atoms with van der Waals surface area (Å²) in [4.78, 5) is 8.86. The Hall–Kier alpha value is -1.11. The third-order valence-corrected chi connectivity index (χ3v) is 4.88. The highest BCUT2D eigenvalue weighted by Gasteiger charge is 2.29. The lowest BCUT2D eigenvalue weighted by Crippen LogP contribution is -2.31. The van der Waals surface area contributed by atoms with Crippen LogP contribution in [-0.4, -0.2) is 47.5 Å². The normalized spacial score (nSPS) is 30.6. The lowest BCUT2D eigenvalue weighted by Gasteiger charge is -2.21. The van der Waals surface area contributed by atoms with Gasteiger partial charge in [-0.2, -0.15) is 4.98 Å². The fraction of sp³-hybridized carbons (Fsp3) is 0.750. The molecule has 2 aliphatic heterocycles. The smallest absolute Gasteiger partial charge is 0.225 e. The van der Waals surface area contributed by atoms with Crippen LogP contribution in [0, 0.1) is 0 Å². The average molecular weight is 341 g/mol. The molecule has 128 valence electrons. The first kappa shape index (κ1) is 16.7. The predicted octanol–water partition coefficient (Wildman–Crippen LogP) is 3.09. The topological polar surface area (TPSA) is 68.3 Å². The van der Waals surface area contributed by atoms with Gasteiger partial charge in [0.25, 0.3) is 0 Å². The molecule has 3 rings (SSSR count). The van der Waals surface area contributed by atoms with Gasteiger partial charge in [-0.3, -0.25) is 0 Å². The minimum absolute atomic E-state index is 0.213. The minimum atomic E-state index is 0.213. The molecule has 3 heterocycles. The van der Waals surface area contributed by atoms with Gasteiger partial charge in [0.05, 0.1) is 30.5 Å². The van der Waals surface area contributed by atoms with E-state index in [4.69, 9.17) is 21.1 Å². The number of hydrogen-bond donors (Lipinski definition) is 2. The Labute approximate surface area is 142 Å². The van der Waals surface area contributed by atoms with Crippen LogP contribution in [0.25, 0.3) is 0 Å². The zero-order valence-corrected chi connectivity index (χ0v) is 14.5. The number of rotatable bonds is 6. The summed E-state index contributed by atoms with van der Waals surface area (Å²) in [6, 6.07) is 0.505. The first-order valence-electron chi connectivity index (χ1n) is 8.50. The van der Waals surface area contributed by atoms with Crippen molar-refractivity contribution in [3.8, 4) is 0 Å². The van der Waals surface area contributed by atoms with Crippen LogP contribution in [0.1, 0.15) is 39.5 Å². The molecule has 2 fully saturated rings. The van der Waals surface area contributed by atoms with Crippen LogP contribution in [0.15, 0.2) is 6.20 Å². The third-order valence-electron chi connectivity index (χ3n) is 4.60. The summed E-state index contributed by atoms with van der Waals surface area (Å²) >= 11 is 6.26. The Bertz CT molecular complexity index is 531. The Morgan fingerprint density at radius 3 is 2.30 bits per heavy atom. The molecule has 0 aromatic carbocycles. The first-order chi connectivity index (χ1) is 11.2. The molecule has 0 amide bonds. The average Bonchev–Trinajstić information content (AvgIpc) is 3.19. The molecule has 6 nitrogen and oxygen atoms in total. The molecular formula is C16H25ClN4O2. The van der Waals surface area contributed by atoms with E-state index in [-0.39, 0.29) is 24.3 Å². The van der Waals surface area contributed by atoms with E-state index < -0.39 is 0 Å². The molecule has 2 N–H and O–H groups in total. The van der Waals surface area contributed by atoms with Crippen LogP contribution >= 0.6 is 11.6 Å². The second-order valence-corrected chi connectivity index (χ2v) is 6.51. The minimum Gasteiger partial charge on any atom is -0.376 e. The van der Waals surface area contributed by atoms with Gasteiger partial charge in [-0.25, -0.2) is 4.98 Å². The maximum absolute atomic E-state index is 6.26. The molecule has 2 aliphatic rings. The van der Waals surface area contributed by atoms with Gasteiger partial charge in [-0.1, -0.05) is 25.4 Å². The molecule has 1 aromatic heterocycles. The summed E-state index contributed by atoms with van der Waals surface area (Å²) < 4.78 is 11.4. The van der Waals surface area contributed by atoms with Gasteiger partial charge in [0.2, 0.25) is 5.95 Å². The van der Waals surface area contributed by atoms with Crippen LogP contribution < -0.4 is 10.6 Å². The maximum atomic E-state index is 6.26. The zero-order valence-electron chi connectivity index (χ0n) is 13.7. The van der Waals surface area contributed by atoms with Crippen molar-refractivity contribution in [1.82, 2.24) is 9.97 Å². The van der Waals surface area contributed by atoms with Gasteiger partial charge >= 0.3 is 0 Å². The number of ether oxygens (including phenoxy) is 2. The lowest BCUT2D eigenvalue weighted by molar-refractivity contribution is 0.104. The molecule has 4 atom stereocenters. The van der Waals surface area contributed by atoms with Crippen LogP contribution in [0.3, 0.4) is 0 Å². The number of aromatic nitrogens is 2. The van der Waals surface area contributed by atoms with Gasteiger partial charge < -0.3 is 20.1 Å². The summed E-state index contributed by atoms with van der Waals surface area (Å²) in [6.07, 6.45) is 5.98. The molecule has 0 aliphatic carbocycles. The van der Waals surface area contributed by atoms with Crippen molar-refractivity contribution in [3.05, 3.63) is 11.2 Å². The standard InChI is InChI=1S/C16H25ClN4O2/c1-3-13-11(5-7-22-13)19-15-10(17)9-18-16(21-15)20-12-6-8-23-14(12)4-2/h9,11-14H,3-8H2,1-2H3,(H2,18,19,20,21)/t11-,12-,13+,14+/m1/s1. The van der Waals surface area contributed by atoms with Gasteiger partial charge in [0.1, 0.15) is 5.02 Å². The summed E-state index contributed by atoms with van der Waals surface area (Å²) in [7, 11) is 0. The van der Waals surface area contributed by atoms with Gasteiger partial charge in [-0.05, 0) is 25.7 Å². The maximum Gasteiger partial charge on any atom is 0.225 e. The van der Waals surface area contributed by atoms with Crippen LogP contribution in [0.2, 0.25) is 5.02 Å². The van der Waals surface area contributed by atoms with Crippen molar-refractivity contribution in [2.75, 3.05) is 23.8 Å². The quantitative estimate of drug-likeness (QED) is 0.829. The van der Waals surface area contributed by atoms with E-state index in [1.54, 1.807) is 6.20 Å². The summed E-state index contributed by atoms with van der Waals surface area (Å²) in [5, 5.41) is 7.34. The number of halogens is 1. The summed E-state index contributed by atoms with van der Waals surface area (Å²) in [6.45, 7) is 5.82. The van der Waals surface area contributed by atoms with E-state index in [1.165, 1.54) is 0 Å². The monoisotopic (exact) mass is 340 g/mol. The van der Waals surface area contributed by atoms with Crippen LogP contribution in [0.4, 0.5) is 11.8 Å². The largest absolute Gasteiger partial charge is 0.376 e. The van der Waals surface area contributed by atoms with E-state index in [2.05, 4.69) is 34.4 Å². The highest BCUT2D eigenvalue weighted by molar-refractivity contribution is 6.32. The fourth-order valence-electron chi connectivity index (χ4n) is 3.31. The van der Waals surface area contributed by atoms with Crippen molar-refractivity contribution < 1.29 is 9.47 Å². The lowest BCUT2D eigenvalue weighted by atomic mass is 10.1. The molecule has 2 saturated heterocycles. The van der Waals surface area contributed by atoms with E-state index in [9.17, 15) is 0 Å². The predicted molar refractivity (Wildman–Crippen MR) is 91.2 cm³/mol. The van der Waals surface area contributed by atoms with Crippen molar-refractivity contribution in [2.45, 2.75) is 63.8 Å². The molecule has 0 spiro atoms. The zero-order chi connectivity index (χ0) is 16.2. The van der Waals surface area contributed by atoms with Crippen molar-refractivity contribution in [1.29, 1.82) is 0 Å². The second-order valence-electron chi connectivity index (χ2n) is 6.10. The molecule has 0 saturated carbocycles. The molecule has 0 unspecified atom stereocenters. The molecule has 1 aromatic rings. The highest BCUT2D eigenvalue weighted by Crippen LogP contribution is 2.26. The van der Waals surface area contributed by atoms with Crippen molar-refractivity contribution >= 4 is 23.4 Å². The Morgan fingerprint density at radius 2 is 1.70 bits per heavy atom. The van der Waals surface area contributed by atoms with Crippen LogP contribution in [0.5, 0.6) is 0 Å². The number of nitrogens with one attached hydrogen (secondary N) is 2. The Morgan fingerprint density at radius 1 is 1.09 bits per heavy atom. The fourth-order valence-corrected chi connectivity index (χ4v) is 3.46. The molecule has 0 radical (unpaired) electrons. The molecular weight excluding hydrogens is 316 g/mol. The highest BCUT2D eigenvalue weighted by atomic mass is 35.5. The van der Waals surface area contributed by atoms with E-state index in [1.807, 2.05) is 0 Å². The Balaban J connectivity index is 1.69. The number of nitrogens with zero attached hydrogens (tertiary/aromatic N) is 2. The van der Waals surface area contributed by atoms with E-state index >= 15 is 0 Å². The van der Waals surface area contributed by atoms with Gasteiger partial charge in [0.15, 0.2) is 5.82 Å². The SMILES string of the molecule is CC[C@@H]1OCC[C@H]1Nc1ncc(Cl)c(N[C@@H]2CCO[C@H]2CC)n1. The molecule has 0 bridgehead atoms. The number of anilines is 2. The third kappa shape index (κ3) is 3.87. The van der Waals surface area contributed by atoms with Crippen molar-refractivity contribution in [3.63, 3.8) is 0 Å². The number of hydrogen-bond acceptors (Lipinski definition) is 6. The second kappa shape index (κ2) is 7.64. The van der Waals surface area contributed by atoms with E-state index in [0.29, 0.717) is 16.8 Å². The van der Waals surface area contributed by atoms with Crippen molar-refractivity contribution in [2.24, 2.45) is 0 Å².